The smallest absolute Gasteiger partial charge is 0.264 e. The Bertz CT molecular complexity index is 676. The van der Waals surface area contributed by atoms with Gasteiger partial charge in [-0.05, 0) is 37.4 Å². The number of amides is 2. The first-order valence-electron chi connectivity index (χ1n) is 7.14. The molecule has 6 nitrogen and oxygen atoms in total. The number of thiophene rings is 1. The molecule has 2 N–H and O–H groups in total. The molecule has 0 radical (unpaired) electrons. The highest BCUT2D eigenvalue weighted by Gasteiger charge is 2.27. The molecular weight excluding hydrogens is 316 g/mol. The van der Waals surface area contributed by atoms with E-state index in [4.69, 9.17) is 4.42 Å². The van der Waals surface area contributed by atoms with Crippen LogP contribution in [0.5, 0.6) is 0 Å². The molecule has 1 unspecified atom stereocenters. The summed E-state index contributed by atoms with van der Waals surface area (Å²) in [4.78, 5) is 25.9. The quantitative estimate of drug-likeness (QED) is 0.842. The number of hydrogen-bond donors (Lipinski definition) is 2. The van der Waals surface area contributed by atoms with Gasteiger partial charge in [0.05, 0.1) is 18.0 Å². The SMILES string of the molecule is Cc1ccc(C(C)(O)CNC(=O)CN(C)C(=O)c2cccs2)o1. The van der Waals surface area contributed by atoms with Crippen LogP contribution in [0.15, 0.2) is 34.1 Å². The minimum atomic E-state index is -1.31. The highest BCUT2D eigenvalue weighted by Crippen LogP contribution is 2.21. The first-order chi connectivity index (χ1) is 10.8. The van der Waals surface area contributed by atoms with Crippen molar-refractivity contribution in [1.29, 1.82) is 0 Å². The van der Waals surface area contributed by atoms with E-state index >= 15 is 0 Å². The highest BCUT2D eigenvalue weighted by atomic mass is 32.1. The van der Waals surface area contributed by atoms with Gasteiger partial charge in [-0.2, -0.15) is 0 Å². The summed E-state index contributed by atoms with van der Waals surface area (Å²) in [6.07, 6.45) is 0. The summed E-state index contributed by atoms with van der Waals surface area (Å²) in [5.41, 5.74) is -1.31. The number of rotatable bonds is 6. The molecule has 0 saturated heterocycles. The molecule has 23 heavy (non-hydrogen) atoms. The first-order valence-corrected chi connectivity index (χ1v) is 8.02. The monoisotopic (exact) mass is 336 g/mol. The number of aryl methyl sites for hydroxylation is 1. The molecular formula is C16H20N2O4S. The number of hydrogen-bond acceptors (Lipinski definition) is 5. The van der Waals surface area contributed by atoms with E-state index in [9.17, 15) is 14.7 Å². The third-order valence-electron chi connectivity index (χ3n) is 3.36. The van der Waals surface area contributed by atoms with Crippen LogP contribution in [0.2, 0.25) is 0 Å². The van der Waals surface area contributed by atoms with Gasteiger partial charge in [0.2, 0.25) is 5.91 Å². The fourth-order valence-electron chi connectivity index (χ4n) is 2.01. The largest absolute Gasteiger partial charge is 0.463 e. The lowest BCUT2D eigenvalue weighted by Crippen LogP contribution is -2.43. The van der Waals surface area contributed by atoms with Crippen molar-refractivity contribution in [2.45, 2.75) is 19.4 Å². The molecule has 0 bridgehead atoms. The molecule has 2 amide bonds. The second kappa shape index (κ2) is 6.97. The molecule has 2 rings (SSSR count). The van der Waals surface area contributed by atoms with Crippen LogP contribution in [0.1, 0.15) is 28.1 Å². The second-order valence-electron chi connectivity index (χ2n) is 5.60. The van der Waals surface area contributed by atoms with E-state index in [1.807, 2.05) is 5.38 Å². The number of nitrogens with zero attached hydrogens (tertiary/aromatic N) is 1. The van der Waals surface area contributed by atoms with Crippen LogP contribution < -0.4 is 5.32 Å². The van der Waals surface area contributed by atoms with Crippen molar-refractivity contribution < 1.29 is 19.1 Å². The van der Waals surface area contributed by atoms with Gasteiger partial charge in [0.1, 0.15) is 17.1 Å². The molecule has 0 aliphatic heterocycles. The van der Waals surface area contributed by atoms with Crippen LogP contribution in [0.3, 0.4) is 0 Å². The number of nitrogens with one attached hydrogen (secondary N) is 1. The Balaban J connectivity index is 1.86. The number of likely N-dealkylation sites (N-methyl/N-ethyl adjacent to an activating group) is 1. The Morgan fingerprint density at radius 3 is 2.70 bits per heavy atom. The number of aliphatic hydroxyl groups is 1. The Hall–Kier alpha value is -2.12. The summed E-state index contributed by atoms with van der Waals surface area (Å²) < 4.78 is 5.38. The third-order valence-corrected chi connectivity index (χ3v) is 4.22. The molecule has 1 atom stereocenters. The molecule has 0 fully saturated rings. The van der Waals surface area contributed by atoms with Crippen LogP contribution in [0.25, 0.3) is 0 Å². The molecule has 2 aromatic heterocycles. The molecule has 0 spiro atoms. The second-order valence-corrected chi connectivity index (χ2v) is 6.55. The van der Waals surface area contributed by atoms with Crippen molar-refractivity contribution in [2.75, 3.05) is 20.1 Å². The van der Waals surface area contributed by atoms with Crippen molar-refractivity contribution >= 4 is 23.2 Å². The Kier molecular flexibility index (Phi) is 5.23. The van der Waals surface area contributed by atoms with Gasteiger partial charge >= 0.3 is 0 Å². The predicted molar refractivity (Wildman–Crippen MR) is 87.3 cm³/mol. The molecule has 0 aliphatic carbocycles. The van der Waals surface area contributed by atoms with Gasteiger partial charge in [-0.1, -0.05) is 6.07 Å². The lowest BCUT2D eigenvalue weighted by Gasteiger charge is -2.22. The lowest BCUT2D eigenvalue weighted by molar-refractivity contribution is -0.122. The van der Waals surface area contributed by atoms with Crippen LogP contribution in [-0.2, 0) is 10.4 Å². The first kappa shape index (κ1) is 17.2. The Labute approximate surface area is 138 Å². The summed E-state index contributed by atoms with van der Waals surface area (Å²) in [5.74, 6) is 0.524. The standard InChI is InChI=1S/C16H20N2O4S/c1-11-6-7-13(22-11)16(2,21)10-17-14(19)9-18(3)15(20)12-5-4-8-23-12/h4-8,21H,9-10H2,1-3H3,(H,17,19). The molecule has 0 saturated carbocycles. The molecule has 2 aromatic rings. The lowest BCUT2D eigenvalue weighted by atomic mass is 10.0. The molecule has 7 heteroatoms. The van der Waals surface area contributed by atoms with E-state index in [0.29, 0.717) is 16.4 Å². The summed E-state index contributed by atoms with van der Waals surface area (Å²) >= 11 is 1.33. The Morgan fingerprint density at radius 2 is 2.13 bits per heavy atom. The predicted octanol–water partition coefficient (Wildman–Crippen LogP) is 1.75. The van der Waals surface area contributed by atoms with E-state index in [1.54, 1.807) is 45.2 Å². The van der Waals surface area contributed by atoms with Gasteiger partial charge in [-0.25, -0.2) is 0 Å². The zero-order chi connectivity index (χ0) is 17.0. The summed E-state index contributed by atoms with van der Waals surface area (Å²) in [6, 6.07) is 6.92. The maximum Gasteiger partial charge on any atom is 0.264 e. The normalized spacial score (nSPS) is 13.4. The molecule has 0 aromatic carbocycles. The highest BCUT2D eigenvalue weighted by molar-refractivity contribution is 7.12. The van der Waals surface area contributed by atoms with Crippen LogP contribution in [0, 0.1) is 6.92 Å². The van der Waals surface area contributed by atoms with Crippen molar-refractivity contribution in [2.24, 2.45) is 0 Å². The minimum Gasteiger partial charge on any atom is -0.463 e. The number of carbonyl (C=O) groups is 2. The maximum atomic E-state index is 12.1. The average Bonchev–Trinajstić information content (AvgIpc) is 3.15. The summed E-state index contributed by atoms with van der Waals surface area (Å²) in [5, 5.41) is 14.8. The summed E-state index contributed by atoms with van der Waals surface area (Å²) in [7, 11) is 1.57. The number of carbonyl (C=O) groups excluding carboxylic acids is 2. The van der Waals surface area contributed by atoms with E-state index in [0.717, 1.165) is 0 Å². The van der Waals surface area contributed by atoms with Crippen molar-refractivity contribution in [1.82, 2.24) is 10.2 Å². The molecule has 0 aliphatic rings. The van der Waals surface area contributed by atoms with Crippen LogP contribution in [-0.4, -0.2) is 42.0 Å². The fourth-order valence-corrected chi connectivity index (χ4v) is 2.73. The van der Waals surface area contributed by atoms with E-state index < -0.39 is 5.60 Å². The van der Waals surface area contributed by atoms with E-state index in [1.165, 1.54) is 16.2 Å². The fraction of sp³-hybridized carbons (Fsp3) is 0.375. The number of furan rings is 1. The Morgan fingerprint density at radius 1 is 1.39 bits per heavy atom. The zero-order valence-electron chi connectivity index (χ0n) is 13.3. The summed E-state index contributed by atoms with van der Waals surface area (Å²) in [6.45, 7) is 3.26. The minimum absolute atomic E-state index is 0.000179. The topological polar surface area (TPSA) is 82.8 Å². The van der Waals surface area contributed by atoms with Gasteiger partial charge < -0.3 is 19.7 Å². The van der Waals surface area contributed by atoms with Crippen molar-refractivity contribution in [3.8, 4) is 0 Å². The van der Waals surface area contributed by atoms with Crippen LogP contribution in [0.4, 0.5) is 0 Å². The van der Waals surface area contributed by atoms with Gasteiger partial charge in [0.15, 0.2) is 0 Å². The van der Waals surface area contributed by atoms with E-state index in [2.05, 4.69) is 5.32 Å². The van der Waals surface area contributed by atoms with Gasteiger partial charge in [-0.3, -0.25) is 9.59 Å². The molecule has 2 heterocycles. The average molecular weight is 336 g/mol. The van der Waals surface area contributed by atoms with Gasteiger partial charge in [0.25, 0.3) is 5.91 Å². The maximum absolute atomic E-state index is 12.1. The third kappa shape index (κ3) is 4.43. The zero-order valence-corrected chi connectivity index (χ0v) is 14.1. The van der Waals surface area contributed by atoms with Crippen molar-refractivity contribution in [3.05, 3.63) is 46.0 Å². The van der Waals surface area contributed by atoms with Crippen LogP contribution >= 0.6 is 11.3 Å². The van der Waals surface area contributed by atoms with Gasteiger partial charge in [-0.15, -0.1) is 11.3 Å². The van der Waals surface area contributed by atoms with E-state index in [-0.39, 0.29) is 24.9 Å². The van der Waals surface area contributed by atoms with Gasteiger partial charge in [0, 0.05) is 7.05 Å². The molecule has 124 valence electrons. The van der Waals surface area contributed by atoms with Crippen molar-refractivity contribution in [3.63, 3.8) is 0 Å².